The Kier molecular flexibility index (Phi) is 8.35. The predicted octanol–water partition coefficient (Wildman–Crippen LogP) is 2.82. The smallest absolute Gasteiger partial charge is 0.362 e. The largest absolute Gasteiger partial charge is 0.411 e. The molecule has 0 saturated carbocycles. The molecule has 0 heterocycles. The van der Waals surface area contributed by atoms with Crippen LogP contribution >= 0.6 is 11.6 Å². The van der Waals surface area contributed by atoms with E-state index in [1.165, 1.54) is 4.90 Å². The average molecular weight is 290 g/mol. The molecule has 0 aromatic carbocycles. The molecule has 0 spiro atoms. The van der Waals surface area contributed by atoms with E-state index in [9.17, 15) is 18.0 Å². The van der Waals surface area contributed by atoms with Gasteiger partial charge in [0, 0.05) is 18.5 Å². The Morgan fingerprint density at radius 3 is 2.28 bits per heavy atom. The lowest BCUT2D eigenvalue weighted by atomic mass is 10.1. The van der Waals surface area contributed by atoms with Crippen LogP contribution in [0.15, 0.2) is 0 Å². The number of alkyl halides is 4. The number of halogens is 4. The van der Waals surface area contributed by atoms with E-state index in [4.69, 9.17) is 11.6 Å². The third kappa shape index (κ3) is 7.06. The van der Waals surface area contributed by atoms with Crippen molar-refractivity contribution < 1.29 is 22.7 Å². The second kappa shape index (κ2) is 8.58. The van der Waals surface area contributed by atoms with Crippen molar-refractivity contribution in [2.75, 3.05) is 25.6 Å². The highest BCUT2D eigenvalue weighted by Gasteiger charge is 2.28. The number of carbonyl (C=O) groups is 1. The zero-order valence-electron chi connectivity index (χ0n) is 10.6. The van der Waals surface area contributed by atoms with Gasteiger partial charge in [-0.1, -0.05) is 13.8 Å². The van der Waals surface area contributed by atoms with E-state index in [1.54, 1.807) is 0 Å². The van der Waals surface area contributed by atoms with Crippen molar-refractivity contribution in [3.63, 3.8) is 0 Å². The van der Waals surface area contributed by atoms with Crippen LogP contribution in [0.25, 0.3) is 0 Å². The Hall–Kier alpha value is -0.490. The molecule has 0 aromatic rings. The molecule has 0 unspecified atom stereocenters. The maximum absolute atomic E-state index is 11.9. The van der Waals surface area contributed by atoms with Crippen molar-refractivity contribution >= 4 is 17.5 Å². The number of carbonyl (C=O) groups excluding carboxylic acids is 1. The number of nitrogens with zero attached hydrogens (tertiary/aromatic N) is 1. The summed E-state index contributed by atoms with van der Waals surface area (Å²) in [6.07, 6.45) is -2.94. The quantitative estimate of drug-likeness (QED) is 0.643. The molecule has 0 N–H and O–H groups in total. The summed E-state index contributed by atoms with van der Waals surface area (Å²) in [5.41, 5.74) is 0. The molecular weight excluding hydrogens is 271 g/mol. The van der Waals surface area contributed by atoms with Gasteiger partial charge in [0.05, 0.1) is 0 Å². The van der Waals surface area contributed by atoms with Crippen molar-refractivity contribution in [3.05, 3.63) is 0 Å². The molecule has 18 heavy (non-hydrogen) atoms. The van der Waals surface area contributed by atoms with Crippen LogP contribution < -0.4 is 0 Å². The van der Waals surface area contributed by atoms with E-state index in [2.05, 4.69) is 4.74 Å². The average Bonchev–Trinajstić information content (AvgIpc) is 2.27. The zero-order valence-corrected chi connectivity index (χ0v) is 11.4. The summed E-state index contributed by atoms with van der Waals surface area (Å²) in [5.74, 6) is -0.199. The van der Waals surface area contributed by atoms with Crippen LogP contribution in [-0.2, 0) is 9.53 Å². The second-order valence-electron chi connectivity index (χ2n) is 3.85. The third-order valence-electron chi connectivity index (χ3n) is 2.52. The van der Waals surface area contributed by atoms with Crippen molar-refractivity contribution in [1.82, 2.24) is 4.90 Å². The van der Waals surface area contributed by atoms with E-state index < -0.39 is 25.3 Å². The highest BCUT2D eigenvalue weighted by molar-refractivity contribution is 6.18. The van der Waals surface area contributed by atoms with Crippen LogP contribution in [0.1, 0.15) is 26.7 Å². The minimum Gasteiger partial charge on any atom is -0.362 e. The van der Waals surface area contributed by atoms with Crippen LogP contribution in [0.5, 0.6) is 0 Å². The van der Waals surface area contributed by atoms with E-state index in [1.807, 2.05) is 13.8 Å². The van der Waals surface area contributed by atoms with Gasteiger partial charge in [0.25, 0.3) is 0 Å². The first-order valence-electron chi connectivity index (χ1n) is 5.85. The molecule has 0 aromatic heterocycles. The molecule has 0 fully saturated rings. The summed E-state index contributed by atoms with van der Waals surface area (Å²) in [6.45, 7) is 2.18. The fourth-order valence-corrected chi connectivity index (χ4v) is 1.85. The third-order valence-corrected chi connectivity index (χ3v) is 2.69. The van der Waals surface area contributed by atoms with Crippen LogP contribution in [0.3, 0.4) is 0 Å². The molecule has 0 aliphatic rings. The maximum atomic E-state index is 11.9. The Morgan fingerprint density at radius 1 is 1.33 bits per heavy atom. The lowest BCUT2D eigenvalue weighted by Gasteiger charge is -2.30. The summed E-state index contributed by atoms with van der Waals surface area (Å²) in [7, 11) is 0. The number of amides is 1. The van der Waals surface area contributed by atoms with Crippen LogP contribution in [0.4, 0.5) is 13.2 Å². The monoisotopic (exact) mass is 289 g/mol. The van der Waals surface area contributed by atoms with Crippen LogP contribution in [0, 0.1) is 0 Å². The topological polar surface area (TPSA) is 29.5 Å². The number of hydrogen-bond donors (Lipinski definition) is 0. The van der Waals surface area contributed by atoms with Gasteiger partial charge in [0.15, 0.2) is 0 Å². The molecule has 0 bridgehead atoms. The van der Waals surface area contributed by atoms with Gasteiger partial charge in [-0.05, 0) is 12.8 Å². The molecule has 0 saturated heterocycles. The number of ether oxygens (including phenoxy) is 1. The van der Waals surface area contributed by atoms with Gasteiger partial charge < -0.3 is 9.64 Å². The molecule has 0 aliphatic heterocycles. The summed E-state index contributed by atoms with van der Waals surface area (Å²) in [4.78, 5) is 13.2. The first kappa shape index (κ1) is 17.5. The summed E-state index contributed by atoms with van der Waals surface area (Å²) < 4.78 is 40.0. The van der Waals surface area contributed by atoms with Gasteiger partial charge in [-0.2, -0.15) is 13.2 Å². The van der Waals surface area contributed by atoms with Crippen molar-refractivity contribution in [2.45, 2.75) is 38.9 Å². The van der Waals surface area contributed by atoms with Crippen molar-refractivity contribution in [1.29, 1.82) is 0 Å². The normalized spacial score (nSPS) is 11.9. The highest BCUT2D eigenvalue weighted by Crippen LogP contribution is 2.15. The Labute approximate surface area is 110 Å². The highest BCUT2D eigenvalue weighted by atomic mass is 35.5. The van der Waals surface area contributed by atoms with Crippen molar-refractivity contribution in [2.24, 2.45) is 0 Å². The summed E-state index contributed by atoms with van der Waals surface area (Å²) >= 11 is 5.59. The van der Waals surface area contributed by atoms with Gasteiger partial charge in [0.2, 0.25) is 5.91 Å². The molecule has 7 heteroatoms. The summed E-state index contributed by atoms with van der Waals surface area (Å²) in [5, 5.41) is 0. The molecule has 0 radical (unpaired) electrons. The first-order valence-corrected chi connectivity index (χ1v) is 6.39. The zero-order chi connectivity index (χ0) is 14.2. The second-order valence-corrected chi connectivity index (χ2v) is 4.23. The lowest BCUT2D eigenvalue weighted by Crippen LogP contribution is -2.43. The number of rotatable bonds is 8. The number of hydrogen-bond acceptors (Lipinski definition) is 2. The fourth-order valence-electron chi connectivity index (χ4n) is 1.67. The fraction of sp³-hybridized carbons (Fsp3) is 0.909. The van der Waals surface area contributed by atoms with Crippen LogP contribution in [0.2, 0.25) is 0 Å². The van der Waals surface area contributed by atoms with Gasteiger partial charge >= 0.3 is 6.18 Å². The van der Waals surface area contributed by atoms with Gasteiger partial charge in [0.1, 0.15) is 13.2 Å². The van der Waals surface area contributed by atoms with Gasteiger partial charge in [-0.15, -0.1) is 11.6 Å². The van der Waals surface area contributed by atoms with Crippen molar-refractivity contribution in [3.8, 4) is 0 Å². The van der Waals surface area contributed by atoms with E-state index in [0.717, 1.165) is 12.8 Å². The molecule has 3 nitrogen and oxygen atoms in total. The van der Waals surface area contributed by atoms with E-state index in [-0.39, 0.29) is 11.9 Å². The standard InChI is InChI=1S/C11H19ClF3NO2/c1-3-9(4-2)16(6-5-12)10(17)7-18-8-11(13,14)15/h9H,3-8H2,1-2H3. The Morgan fingerprint density at radius 2 is 1.89 bits per heavy atom. The lowest BCUT2D eigenvalue weighted by molar-refractivity contribution is -0.178. The SMILES string of the molecule is CCC(CC)N(CCCl)C(=O)COCC(F)(F)F. The van der Waals surface area contributed by atoms with Crippen LogP contribution in [-0.4, -0.2) is 48.7 Å². The van der Waals surface area contributed by atoms with Gasteiger partial charge in [-0.3, -0.25) is 4.79 Å². The molecule has 0 rings (SSSR count). The van der Waals surface area contributed by atoms with E-state index >= 15 is 0 Å². The Balaban J connectivity index is 4.30. The van der Waals surface area contributed by atoms with Gasteiger partial charge in [-0.25, -0.2) is 0 Å². The maximum Gasteiger partial charge on any atom is 0.411 e. The van der Waals surface area contributed by atoms with E-state index in [0.29, 0.717) is 6.54 Å². The predicted molar refractivity (Wildman–Crippen MR) is 63.7 cm³/mol. The minimum absolute atomic E-state index is 0.00858. The molecule has 1 amide bonds. The molecule has 0 aliphatic carbocycles. The minimum atomic E-state index is -4.41. The molecule has 108 valence electrons. The molecular formula is C11H19ClF3NO2. The summed E-state index contributed by atoms with van der Waals surface area (Å²) in [6, 6.07) is -0.00858. The molecule has 0 atom stereocenters. The Bertz CT molecular complexity index is 245. The first-order chi connectivity index (χ1) is 8.35.